The summed E-state index contributed by atoms with van der Waals surface area (Å²) in [7, 11) is 0. The van der Waals surface area contributed by atoms with Crippen molar-refractivity contribution in [1.82, 2.24) is 0 Å². The molecule has 0 spiro atoms. The zero-order valence-electron chi connectivity index (χ0n) is 7.15. The summed E-state index contributed by atoms with van der Waals surface area (Å²) in [5, 5.41) is 17.5. The molecule has 0 bridgehead atoms. The van der Waals surface area contributed by atoms with Gasteiger partial charge in [0.05, 0.1) is 5.41 Å². The van der Waals surface area contributed by atoms with Crippen LogP contribution in [0.5, 0.6) is 0 Å². The smallest absolute Gasteiger partial charge is 0.331 e. The molecule has 70 valence electrons. The number of aliphatic carboxylic acids is 2. The van der Waals surface area contributed by atoms with Crippen molar-refractivity contribution >= 4 is 11.9 Å². The Hall–Kier alpha value is -1.58. The predicted octanol–water partition coefficient (Wildman–Crippen LogP) is 1.05. The van der Waals surface area contributed by atoms with E-state index in [-0.39, 0.29) is 12.0 Å². The normalized spacial score (nSPS) is 26.7. The number of carboxylic acid groups (broad SMARTS) is 2. The van der Waals surface area contributed by atoms with Crippen LogP contribution >= 0.6 is 0 Å². The van der Waals surface area contributed by atoms with E-state index in [1.807, 2.05) is 0 Å². The molecule has 4 nitrogen and oxygen atoms in total. The van der Waals surface area contributed by atoms with Gasteiger partial charge >= 0.3 is 11.9 Å². The number of hydrogen-bond donors (Lipinski definition) is 2. The van der Waals surface area contributed by atoms with E-state index in [9.17, 15) is 9.59 Å². The zero-order valence-corrected chi connectivity index (χ0v) is 7.15. The van der Waals surface area contributed by atoms with E-state index < -0.39 is 17.4 Å². The first-order chi connectivity index (χ1) is 5.96. The third kappa shape index (κ3) is 1.77. The van der Waals surface area contributed by atoms with Gasteiger partial charge in [-0.25, -0.2) is 4.79 Å². The maximum absolute atomic E-state index is 10.8. The van der Waals surface area contributed by atoms with Crippen LogP contribution in [0.25, 0.3) is 0 Å². The first-order valence-corrected chi connectivity index (χ1v) is 3.81. The van der Waals surface area contributed by atoms with Crippen molar-refractivity contribution in [1.29, 1.82) is 0 Å². The molecule has 0 aliphatic heterocycles. The summed E-state index contributed by atoms with van der Waals surface area (Å²) in [6.45, 7) is 1.50. The van der Waals surface area contributed by atoms with Gasteiger partial charge < -0.3 is 10.2 Å². The topological polar surface area (TPSA) is 74.6 Å². The van der Waals surface area contributed by atoms with Gasteiger partial charge in [-0.15, -0.1) is 0 Å². The summed E-state index contributed by atoms with van der Waals surface area (Å²) in [5.41, 5.74) is -0.949. The van der Waals surface area contributed by atoms with Crippen LogP contribution in [0.2, 0.25) is 0 Å². The summed E-state index contributed by atoms with van der Waals surface area (Å²) in [6, 6.07) is 0. The van der Waals surface area contributed by atoms with E-state index in [1.165, 1.54) is 25.2 Å². The van der Waals surface area contributed by atoms with E-state index >= 15 is 0 Å². The molecule has 0 heterocycles. The average Bonchev–Trinajstić information content (AvgIpc) is 2.04. The molecular formula is C9H10O4. The fourth-order valence-electron chi connectivity index (χ4n) is 1.18. The van der Waals surface area contributed by atoms with E-state index in [0.717, 1.165) is 0 Å². The fraction of sp³-hybridized carbons (Fsp3) is 0.333. The Morgan fingerprint density at radius 3 is 2.54 bits per heavy atom. The quantitative estimate of drug-likeness (QED) is 0.669. The maximum atomic E-state index is 10.8. The van der Waals surface area contributed by atoms with Crippen LogP contribution in [0.4, 0.5) is 0 Å². The summed E-state index contributed by atoms with van der Waals surface area (Å²) < 4.78 is 0. The van der Waals surface area contributed by atoms with Crippen molar-refractivity contribution < 1.29 is 19.8 Å². The molecule has 1 rings (SSSR count). The van der Waals surface area contributed by atoms with E-state index in [0.29, 0.717) is 0 Å². The predicted molar refractivity (Wildman–Crippen MR) is 45.2 cm³/mol. The van der Waals surface area contributed by atoms with Crippen LogP contribution in [-0.2, 0) is 9.59 Å². The molecule has 0 aromatic heterocycles. The van der Waals surface area contributed by atoms with Gasteiger partial charge in [-0.05, 0) is 13.3 Å². The second kappa shape index (κ2) is 3.05. The standard InChI is InChI=1S/C9H10O4/c1-9(8(12)13)4-2-3-6(5-9)7(10)11/h2-4H,5H2,1H3,(H,10,11)(H,12,13). The molecule has 4 heteroatoms. The van der Waals surface area contributed by atoms with Gasteiger partial charge in [0.2, 0.25) is 0 Å². The lowest BCUT2D eigenvalue weighted by atomic mass is 9.80. The number of rotatable bonds is 2. The molecule has 1 atom stereocenters. The van der Waals surface area contributed by atoms with Crippen LogP contribution in [0.3, 0.4) is 0 Å². The molecule has 13 heavy (non-hydrogen) atoms. The van der Waals surface area contributed by atoms with Crippen molar-refractivity contribution in [3.8, 4) is 0 Å². The fourth-order valence-corrected chi connectivity index (χ4v) is 1.18. The van der Waals surface area contributed by atoms with Gasteiger partial charge in [-0.2, -0.15) is 0 Å². The molecule has 1 unspecified atom stereocenters. The van der Waals surface area contributed by atoms with Gasteiger partial charge in [0.25, 0.3) is 0 Å². The minimum atomic E-state index is -1.08. The molecule has 0 aromatic rings. The largest absolute Gasteiger partial charge is 0.481 e. The highest BCUT2D eigenvalue weighted by Crippen LogP contribution is 2.31. The Kier molecular flexibility index (Phi) is 2.23. The monoisotopic (exact) mass is 182 g/mol. The molecule has 0 fully saturated rings. The molecule has 0 amide bonds. The third-order valence-electron chi connectivity index (χ3n) is 2.08. The summed E-state index contributed by atoms with van der Waals surface area (Å²) in [6.07, 6.45) is 4.43. The van der Waals surface area contributed by atoms with E-state index in [4.69, 9.17) is 10.2 Å². The summed E-state index contributed by atoms with van der Waals surface area (Å²) in [5.74, 6) is -2.06. The van der Waals surface area contributed by atoms with E-state index in [1.54, 1.807) is 0 Å². The Balaban J connectivity index is 2.92. The molecule has 0 saturated carbocycles. The molecule has 0 saturated heterocycles. The molecule has 0 radical (unpaired) electrons. The highest BCUT2D eigenvalue weighted by atomic mass is 16.4. The molecule has 1 aliphatic carbocycles. The van der Waals surface area contributed by atoms with Gasteiger partial charge in [-0.3, -0.25) is 4.79 Å². The summed E-state index contributed by atoms with van der Waals surface area (Å²) in [4.78, 5) is 21.3. The Morgan fingerprint density at radius 2 is 2.08 bits per heavy atom. The Labute approximate surface area is 75.2 Å². The SMILES string of the molecule is CC1(C(=O)O)C=CC=C(C(=O)O)C1. The molecule has 1 aliphatic rings. The molecular weight excluding hydrogens is 172 g/mol. The Bertz CT molecular complexity index is 314. The van der Waals surface area contributed by atoms with Crippen LogP contribution in [0, 0.1) is 5.41 Å². The van der Waals surface area contributed by atoms with Gasteiger partial charge in [-0.1, -0.05) is 18.2 Å². The third-order valence-corrected chi connectivity index (χ3v) is 2.08. The average molecular weight is 182 g/mol. The summed E-state index contributed by atoms with van der Waals surface area (Å²) >= 11 is 0. The second-order valence-corrected chi connectivity index (χ2v) is 3.26. The number of hydrogen-bond acceptors (Lipinski definition) is 2. The van der Waals surface area contributed by atoms with Crippen molar-refractivity contribution in [2.24, 2.45) is 5.41 Å². The minimum Gasteiger partial charge on any atom is -0.481 e. The van der Waals surface area contributed by atoms with Crippen LogP contribution in [-0.4, -0.2) is 22.2 Å². The van der Waals surface area contributed by atoms with Crippen LogP contribution in [0.1, 0.15) is 13.3 Å². The Morgan fingerprint density at radius 1 is 1.46 bits per heavy atom. The lowest BCUT2D eigenvalue weighted by Gasteiger charge is -2.23. The van der Waals surface area contributed by atoms with Crippen molar-refractivity contribution in [3.63, 3.8) is 0 Å². The zero-order chi connectivity index (χ0) is 10.1. The number of carbonyl (C=O) groups is 2. The highest BCUT2D eigenvalue weighted by Gasteiger charge is 2.34. The highest BCUT2D eigenvalue weighted by molar-refractivity contribution is 5.90. The second-order valence-electron chi connectivity index (χ2n) is 3.26. The minimum absolute atomic E-state index is 0.0359. The van der Waals surface area contributed by atoms with Crippen LogP contribution in [0.15, 0.2) is 23.8 Å². The van der Waals surface area contributed by atoms with Gasteiger partial charge in [0.1, 0.15) is 0 Å². The van der Waals surface area contributed by atoms with Crippen molar-refractivity contribution in [2.45, 2.75) is 13.3 Å². The van der Waals surface area contributed by atoms with E-state index in [2.05, 4.69) is 0 Å². The van der Waals surface area contributed by atoms with Gasteiger partial charge in [0, 0.05) is 5.57 Å². The van der Waals surface area contributed by atoms with Gasteiger partial charge in [0.15, 0.2) is 0 Å². The van der Waals surface area contributed by atoms with Crippen molar-refractivity contribution in [3.05, 3.63) is 23.8 Å². The lowest BCUT2D eigenvalue weighted by molar-refractivity contribution is -0.145. The number of carboxylic acids is 2. The first kappa shape index (κ1) is 9.51. The molecule has 0 aromatic carbocycles. The number of allylic oxidation sites excluding steroid dienone is 2. The maximum Gasteiger partial charge on any atom is 0.331 e. The lowest BCUT2D eigenvalue weighted by Crippen LogP contribution is -2.28. The van der Waals surface area contributed by atoms with Crippen LogP contribution < -0.4 is 0 Å². The van der Waals surface area contributed by atoms with Crippen molar-refractivity contribution in [2.75, 3.05) is 0 Å². The first-order valence-electron chi connectivity index (χ1n) is 3.81. The molecule has 2 N–H and O–H groups in total.